The molecule has 1 N–H and O–H groups in total. The molecule has 176 valence electrons. The molecule has 0 unspecified atom stereocenters. The fourth-order valence-corrected chi connectivity index (χ4v) is 5.64. The van der Waals surface area contributed by atoms with E-state index in [-0.39, 0.29) is 6.04 Å². The topological polar surface area (TPSA) is 49.8 Å². The Balaban J connectivity index is 1.34. The van der Waals surface area contributed by atoms with Gasteiger partial charge in [0.25, 0.3) is 0 Å². The number of carbonyl (C=O) groups is 1. The zero-order valence-corrected chi connectivity index (χ0v) is 19.9. The number of piperidine rings is 1. The second-order valence-corrected chi connectivity index (χ2v) is 9.60. The van der Waals surface area contributed by atoms with E-state index < -0.39 is 5.97 Å². The van der Waals surface area contributed by atoms with Crippen molar-refractivity contribution in [1.29, 1.82) is 0 Å². The molecule has 0 saturated carbocycles. The quantitative estimate of drug-likeness (QED) is 0.463. The Morgan fingerprint density at radius 3 is 2.59 bits per heavy atom. The van der Waals surface area contributed by atoms with Gasteiger partial charge in [-0.15, -0.1) is 0 Å². The van der Waals surface area contributed by atoms with E-state index in [1.165, 1.54) is 38.9 Å². The minimum atomic E-state index is -0.690. The Morgan fingerprint density at radius 1 is 0.941 bits per heavy atom. The molecule has 1 aliphatic heterocycles. The zero-order chi connectivity index (χ0) is 23.5. The van der Waals surface area contributed by atoms with Gasteiger partial charge in [-0.3, -0.25) is 9.69 Å². The average Bonchev–Trinajstić information content (AvgIpc) is 3.36. The maximum Gasteiger partial charge on any atom is 0.320 e. The lowest BCUT2D eigenvalue weighted by Crippen LogP contribution is -2.44. The van der Waals surface area contributed by atoms with Crippen LogP contribution in [0.2, 0.25) is 0 Å². The van der Waals surface area contributed by atoms with Crippen LogP contribution >= 0.6 is 0 Å². The van der Waals surface area contributed by atoms with Crippen molar-refractivity contribution >= 4 is 5.97 Å². The van der Waals surface area contributed by atoms with Gasteiger partial charge in [0.2, 0.25) is 0 Å². The monoisotopic (exact) mass is 455 g/mol. The highest BCUT2D eigenvalue weighted by atomic mass is 16.5. The lowest BCUT2D eigenvalue weighted by molar-refractivity contribution is -0.144. The van der Waals surface area contributed by atoms with Crippen LogP contribution < -0.4 is 4.74 Å². The normalized spacial score (nSPS) is 18.0. The van der Waals surface area contributed by atoms with Gasteiger partial charge in [0.15, 0.2) is 0 Å². The molecule has 0 aromatic heterocycles. The lowest BCUT2D eigenvalue weighted by atomic mass is 9.96. The highest BCUT2D eigenvalue weighted by Gasteiger charge is 2.30. The predicted octanol–water partition coefficient (Wildman–Crippen LogP) is 6.17. The van der Waals surface area contributed by atoms with Crippen LogP contribution in [-0.2, 0) is 30.8 Å². The molecule has 2 aliphatic rings. The molecule has 1 fully saturated rings. The highest BCUT2D eigenvalue weighted by Crippen LogP contribution is 2.35. The van der Waals surface area contributed by atoms with E-state index in [1.807, 2.05) is 6.07 Å². The summed E-state index contributed by atoms with van der Waals surface area (Å²) in [6, 6.07) is 20.8. The molecule has 1 saturated heterocycles. The van der Waals surface area contributed by atoms with Crippen LogP contribution in [0.15, 0.2) is 60.7 Å². The molecule has 3 aromatic carbocycles. The molecule has 1 heterocycles. The van der Waals surface area contributed by atoms with Crippen molar-refractivity contribution in [3.63, 3.8) is 0 Å². The summed E-state index contributed by atoms with van der Waals surface area (Å²) in [5.41, 5.74) is 8.90. The number of aliphatic carboxylic acids is 1. The minimum Gasteiger partial charge on any atom is -0.489 e. The standard InChI is InChI=1S/C30H33NO3/c1-21-24(11-7-12-25(21)22-9-3-2-4-10-22)20-34-29-17-16-23(26-13-8-14-27(26)29)19-31-18-6-5-15-28(31)30(32)33/h2-4,7,9-12,16-17,28H,5-6,8,13-15,18-20H2,1H3,(H,32,33)/t28-/m0/s1. The largest absolute Gasteiger partial charge is 0.489 e. The van der Waals surface area contributed by atoms with Crippen molar-refractivity contribution in [3.8, 4) is 16.9 Å². The van der Waals surface area contributed by atoms with Crippen molar-refractivity contribution in [2.45, 2.75) is 64.6 Å². The SMILES string of the molecule is Cc1c(COc2ccc(CN3CCCC[C@H]3C(=O)O)c3c2CCC3)cccc1-c1ccccc1. The summed E-state index contributed by atoms with van der Waals surface area (Å²) in [6.45, 7) is 4.30. The maximum atomic E-state index is 11.7. The first-order chi connectivity index (χ1) is 16.6. The van der Waals surface area contributed by atoms with Crippen LogP contribution in [0.5, 0.6) is 5.75 Å². The van der Waals surface area contributed by atoms with E-state index in [0.29, 0.717) is 6.61 Å². The first kappa shape index (κ1) is 22.7. The summed E-state index contributed by atoms with van der Waals surface area (Å²) in [5.74, 6) is 0.290. The van der Waals surface area contributed by atoms with E-state index >= 15 is 0 Å². The van der Waals surface area contributed by atoms with Gasteiger partial charge in [0, 0.05) is 6.54 Å². The number of carboxylic acids is 1. The Hall–Kier alpha value is -3.11. The highest BCUT2D eigenvalue weighted by molar-refractivity contribution is 5.73. The molecule has 1 aliphatic carbocycles. The summed E-state index contributed by atoms with van der Waals surface area (Å²) in [7, 11) is 0. The second-order valence-electron chi connectivity index (χ2n) is 9.60. The summed E-state index contributed by atoms with van der Waals surface area (Å²) < 4.78 is 6.40. The summed E-state index contributed by atoms with van der Waals surface area (Å²) >= 11 is 0. The van der Waals surface area contributed by atoms with Gasteiger partial charge in [-0.05, 0) is 90.6 Å². The van der Waals surface area contributed by atoms with Gasteiger partial charge in [0.1, 0.15) is 18.4 Å². The van der Waals surface area contributed by atoms with E-state index in [9.17, 15) is 9.90 Å². The van der Waals surface area contributed by atoms with E-state index in [0.717, 1.165) is 57.4 Å². The molecule has 0 amide bonds. The minimum absolute atomic E-state index is 0.360. The number of benzene rings is 3. The Kier molecular flexibility index (Phi) is 6.68. The molecular weight excluding hydrogens is 422 g/mol. The van der Waals surface area contributed by atoms with Gasteiger partial charge >= 0.3 is 5.97 Å². The fraction of sp³-hybridized carbons (Fsp3) is 0.367. The number of likely N-dealkylation sites (tertiary alicyclic amines) is 1. The van der Waals surface area contributed by atoms with Crippen LogP contribution in [0.1, 0.15) is 53.5 Å². The molecule has 0 radical (unpaired) electrons. The molecule has 0 spiro atoms. The molecule has 34 heavy (non-hydrogen) atoms. The first-order valence-electron chi connectivity index (χ1n) is 12.5. The lowest BCUT2D eigenvalue weighted by Gasteiger charge is -2.33. The Labute approximate surface area is 202 Å². The first-order valence-corrected chi connectivity index (χ1v) is 12.5. The summed E-state index contributed by atoms with van der Waals surface area (Å²) in [4.78, 5) is 13.9. The van der Waals surface area contributed by atoms with Crippen molar-refractivity contribution in [2.24, 2.45) is 0 Å². The summed E-state index contributed by atoms with van der Waals surface area (Å²) in [6.07, 6.45) is 6.05. The molecule has 4 nitrogen and oxygen atoms in total. The third kappa shape index (κ3) is 4.60. The van der Waals surface area contributed by atoms with Crippen LogP contribution in [-0.4, -0.2) is 28.6 Å². The molecule has 0 bridgehead atoms. The molecule has 1 atom stereocenters. The number of nitrogens with zero attached hydrogens (tertiary/aromatic N) is 1. The number of hydrogen-bond donors (Lipinski definition) is 1. The van der Waals surface area contributed by atoms with Crippen molar-refractivity contribution in [1.82, 2.24) is 4.90 Å². The van der Waals surface area contributed by atoms with E-state index in [1.54, 1.807) is 0 Å². The molecule has 3 aromatic rings. The number of fused-ring (bicyclic) bond motifs is 1. The number of ether oxygens (including phenoxy) is 1. The number of carboxylic acid groups (broad SMARTS) is 1. The van der Waals surface area contributed by atoms with Gasteiger partial charge in [-0.1, -0.05) is 61.0 Å². The van der Waals surface area contributed by atoms with Crippen molar-refractivity contribution in [3.05, 3.63) is 88.5 Å². The van der Waals surface area contributed by atoms with Crippen molar-refractivity contribution in [2.75, 3.05) is 6.54 Å². The molecule has 4 heteroatoms. The maximum absolute atomic E-state index is 11.7. The van der Waals surface area contributed by atoms with Crippen LogP contribution in [0.3, 0.4) is 0 Å². The van der Waals surface area contributed by atoms with Crippen LogP contribution in [0.25, 0.3) is 11.1 Å². The third-order valence-corrected chi connectivity index (χ3v) is 7.52. The number of rotatable bonds is 7. The summed E-state index contributed by atoms with van der Waals surface area (Å²) in [5, 5.41) is 9.66. The van der Waals surface area contributed by atoms with E-state index in [4.69, 9.17) is 4.74 Å². The second kappa shape index (κ2) is 10.0. The zero-order valence-electron chi connectivity index (χ0n) is 19.9. The third-order valence-electron chi connectivity index (χ3n) is 7.52. The van der Waals surface area contributed by atoms with Gasteiger partial charge in [-0.25, -0.2) is 0 Å². The van der Waals surface area contributed by atoms with Gasteiger partial charge in [0.05, 0.1) is 0 Å². The average molecular weight is 456 g/mol. The van der Waals surface area contributed by atoms with Crippen molar-refractivity contribution < 1.29 is 14.6 Å². The van der Waals surface area contributed by atoms with Crippen LogP contribution in [0.4, 0.5) is 0 Å². The predicted molar refractivity (Wildman–Crippen MR) is 135 cm³/mol. The Morgan fingerprint density at radius 2 is 1.76 bits per heavy atom. The van der Waals surface area contributed by atoms with Crippen LogP contribution in [0, 0.1) is 6.92 Å². The Bertz CT molecular complexity index is 1170. The number of hydrogen-bond acceptors (Lipinski definition) is 3. The fourth-order valence-electron chi connectivity index (χ4n) is 5.64. The van der Waals surface area contributed by atoms with E-state index in [2.05, 4.69) is 66.4 Å². The van der Waals surface area contributed by atoms with Gasteiger partial charge < -0.3 is 9.84 Å². The smallest absolute Gasteiger partial charge is 0.320 e. The van der Waals surface area contributed by atoms with Gasteiger partial charge in [-0.2, -0.15) is 0 Å². The molecular formula is C30H33NO3. The molecule has 5 rings (SSSR count).